The molecule has 4 heteroatoms. The molecule has 1 aromatic heterocycles. The van der Waals surface area contributed by atoms with Crippen LogP contribution in [0.5, 0.6) is 5.75 Å². The Kier molecular flexibility index (Phi) is 2.30. The van der Waals surface area contributed by atoms with Crippen LogP contribution in [-0.4, -0.2) is 20.5 Å². The Morgan fingerprint density at radius 3 is 2.72 bits per heavy atom. The number of hydrogen-bond donors (Lipinski definition) is 2. The Labute approximate surface area is 104 Å². The molecule has 90 valence electrons. The monoisotopic (exact) mass is 239 g/mol. The molecule has 2 N–H and O–H groups in total. The molecule has 0 radical (unpaired) electrons. The van der Waals surface area contributed by atoms with Gasteiger partial charge in [-0.3, -0.25) is 0 Å². The van der Waals surface area contributed by atoms with Crippen molar-refractivity contribution in [2.24, 2.45) is 0 Å². The molecular weight excluding hydrogens is 226 g/mol. The maximum Gasteiger partial charge on any atom is 0.123 e. The topological polar surface area (TPSA) is 61.8 Å². The summed E-state index contributed by atoms with van der Waals surface area (Å²) < 4.78 is 0. The fourth-order valence-corrected chi connectivity index (χ4v) is 2.20. The van der Waals surface area contributed by atoms with Gasteiger partial charge in [0.1, 0.15) is 16.8 Å². The zero-order valence-corrected chi connectivity index (χ0v) is 10.2. The minimum absolute atomic E-state index is 0.263. The van der Waals surface area contributed by atoms with Crippen molar-refractivity contribution in [3.05, 3.63) is 41.5 Å². The zero-order valence-electron chi connectivity index (χ0n) is 10.2. The standard InChI is InChI=1S/C14H13N3O/c1-8-3-6-12(18)10(7-8)13-9(2)4-5-11-14(13)16-17-15-11/h3-7,18H,1-2H3,(H,15,16,17). The summed E-state index contributed by atoms with van der Waals surface area (Å²) in [5.74, 6) is 0.263. The van der Waals surface area contributed by atoms with Crippen LogP contribution in [0.15, 0.2) is 30.3 Å². The molecule has 0 amide bonds. The summed E-state index contributed by atoms with van der Waals surface area (Å²) in [6.07, 6.45) is 0. The molecule has 3 rings (SSSR count). The highest BCUT2D eigenvalue weighted by atomic mass is 16.3. The first-order chi connectivity index (χ1) is 8.66. The molecular formula is C14H13N3O. The highest BCUT2D eigenvalue weighted by molar-refractivity contribution is 5.94. The molecule has 0 aliphatic carbocycles. The van der Waals surface area contributed by atoms with E-state index in [1.54, 1.807) is 6.07 Å². The molecule has 0 saturated heterocycles. The normalized spacial score (nSPS) is 11.0. The number of aryl methyl sites for hydroxylation is 2. The summed E-state index contributed by atoms with van der Waals surface area (Å²) >= 11 is 0. The van der Waals surface area contributed by atoms with Crippen molar-refractivity contribution >= 4 is 11.0 Å². The third kappa shape index (κ3) is 1.54. The summed E-state index contributed by atoms with van der Waals surface area (Å²) in [6, 6.07) is 9.47. The maximum atomic E-state index is 10.1. The second-order valence-corrected chi connectivity index (χ2v) is 4.47. The Morgan fingerprint density at radius 2 is 1.89 bits per heavy atom. The molecule has 4 nitrogen and oxygen atoms in total. The highest BCUT2D eigenvalue weighted by Crippen LogP contribution is 2.35. The Balaban J connectivity index is 2.40. The van der Waals surface area contributed by atoms with E-state index in [0.29, 0.717) is 0 Å². The number of hydrogen-bond acceptors (Lipinski definition) is 3. The third-order valence-corrected chi connectivity index (χ3v) is 3.12. The second kappa shape index (κ2) is 3.84. The lowest BCUT2D eigenvalue weighted by Crippen LogP contribution is -1.88. The van der Waals surface area contributed by atoms with Gasteiger partial charge >= 0.3 is 0 Å². The maximum absolute atomic E-state index is 10.1. The molecule has 0 aliphatic rings. The van der Waals surface area contributed by atoms with Crippen molar-refractivity contribution in [3.8, 4) is 16.9 Å². The van der Waals surface area contributed by atoms with Crippen LogP contribution in [0.1, 0.15) is 11.1 Å². The Hall–Kier alpha value is -2.36. The van der Waals surface area contributed by atoms with Gasteiger partial charge in [-0.25, -0.2) is 0 Å². The number of rotatable bonds is 1. The van der Waals surface area contributed by atoms with E-state index in [-0.39, 0.29) is 5.75 Å². The average molecular weight is 239 g/mol. The van der Waals surface area contributed by atoms with E-state index in [0.717, 1.165) is 33.3 Å². The number of fused-ring (bicyclic) bond motifs is 1. The molecule has 0 spiro atoms. The number of phenolic OH excluding ortho intramolecular Hbond substituents is 1. The van der Waals surface area contributed by atoms with E-state index in [9.17, 15) is 5.11 Å². The van der Waals surface area contributed by atoms with Gasteiger partial charge in [0, 0.05) is 11.1 Å². The van der Waals surface area contributed by atoms with Crippen LogP contribution in [0.4, 0.5) is 0 Å². The number of aromatic amines is 1. The quantitative estimate of drug-likeness (QED) is 0.686. The van der Waals surface area contributed by atoms with E-state index in [1.807, 2.05) is 38.1 Å². The summed E-state index contributed by atoms with van der Waals surface area (Å²) in [4.78, 5) is 0. The molecule has 0 aliphatic heterocycles. The number of nitrogens with zero attached hydrogens (tertiary/aromatic N) is 2. The molecule has 1 heterocycles. The molecule has 0 atom stereocenters. The van der Waals surface area contributed by atoms with Crippen LogP contribution in [0.2, 0.25) is 0 Å². The van der Waals surface area contributed by atoms with Gasteiger partial charge in [0.05, 0.1) is 0 Å². The van der Waals surface area contributed by atoms with Crippen LogP contribution < -0.4 is 0 Å². The van der Waals surface area contributed by atoms with Gasteiger partial charge in [0.25, 0.3) is 0 Å². The van der Waals surface area contributed by atoms with Gasteiger partial charge < -0.3 is 5.11 Å². The summed E-state index contributed by atoms with van der Waals surface area (Å²) in [6.45, 7) is 4.01. The fourth-order valence-electron chi connectivity index (χ4n) is 2.20. The average Bonchev–Trinajstić information content (AvgIpc) is 2.81. The van der Waals surface area contributed by atoms with Crippen molar-refractivity contribution in [1.29, 1.82) is 0 Å². The summed E-state index contributed by atoms with van der Waals surface area (Å²) in [7, 11) is 0. The first-order valence-electron chi connectivity index (χ1n) is 5.77. The number of aromatic nitrogens is 3. The molecule has 3 aromatic rings. The predicted molar refractivity (Wildman–Crippen MR) is 70.5 cm³/mol. The SMILES string of the molecule is Cc1ccc(O)c(-c2c(C)ccc3n[nH]nc23)c1. The lowest BCUT2D eigenvalue weighted by Gasteiger charge is -2.09. The highest BCUT2D eigenvalue weighted by Gasteiger charge is 2.13. The van der Waals surface area contributed by atoms with Gasteiger partial charge in [0.2, 0.25) is 0 Å². The van der Waals surface area contributed by atoms with Crippen LogP contribution in [0, 0.1) is 13.8 Å². The lowest BCUT2D eigenvalue weighted by molar-refractivity contribution is 0.477. The molecule has 0 unspecified atom stereocenters. The van der Waals surface area contributed by atoms with Crippen LogP contribution in [0.25, 0.3) is 22.2 Å². The first kappa shape index (κ1) is 10.8. The predicted octanol–water partition coefficient (Wildman–Crippen LogP) is 2.95. The number of aromatic hydroxyl groups is 1. The lowest BCUT2D eigenvalue weighted by atomic mass is 9.97. The van der Waals surface area contributed by atoms with Gasteiger partial charge in [-0.15, -0.1) is 0 Å². The van der Waals surface area contributed by atoms with Gasteiger partial charge in [-0.2, -0.15) is 15.4 Å². The van der Waals surface area contributed by atoms with Gasteiger partial charge in [0.15, 0.2) is 0 Å². The first-order valence-corrected chi connectivity index (χ1v) is 5.77. The molecule has 18 heavy (non-hydrogen) atoms. The largest absolute Gasteiger partial charge is 0.507 e. The Bertz CT molecular complexity index is 731. The number of benzene rings is 2. The van der Waals surface area contributed by atoms with Crippen LogP contribution in [-0.2, 0) is 0 Å². The van der Waals surface area contributed by atoms with Crippen molar-refractivity contribution in [2.45, 2.75) is 13.8 Å². The minimum atomic E-state index is 0.263. The molecule has 2 aromatic carbocycles. The van der Waals surface area contributed by atoms with Gasteiger partial charge in [-0.05, 0) is 37.6 Å². The van der Waals surface area contributed by atoms with Crippen LogP contribution in [0.3, 0.4) is 0 Å². The second-order valence-electron chi connectivity index (χ2n) is 4.47. The Morgan fingerprint density at radius 1 is 1.06 bits per heavy atom. The smallest absolute Gasteiger partial charge is 0.123 e. The van der Waals surface area contributed by atoms with E-state index in [4.69, 9.17) is 0 Å². The van der Waals surface area contributed by atoms with E-state index in [1.165, 1.54) is 0 Å². The number of phenols is 1. The van der Waals surface area contributed by atoms with E-state index >= 15 is 0 Å². The fraction of sp³-hybridized carbons (Fsp3) is 0.143. The summed E-state index contributed by atoms with van der Waals surface area (Å²) in [5.41, 5.74) is 5.49. The number of H-pyrrole nitrogens is 1. The van der Waals surface area contributed by atoms with Gasteiger partial charge in [-0.1, -0.05) is 17.7 Å². The molecule has 0 fully saturated rings. The van der Waals surface area contributed by atoms with Crippen molar-refractivity contribution in [1.82, 2.24) is 15.4 Å². The van der Waals surface area contributed by atoms with Crippen molar-refractivity contribution in [2.75, 3.05) is 0 Å². The van der Waals surface area contributed by atoms with Crippen molar-refractivity contribution in [3.63, 3.8) is 0 Å². The molecule has 0 saturated carbocycles. The summed E-state index contributed by atoms with van der Waals surface area (Å²) in [5, 5.41) is 20.9. The third-order valence-electron chi connectivity index (χ3n) is 3.12. The van der Waals surface area contributed by atoms with Crippen molar-refractivity contribution < 1.29 is 5.11 Å². The van der Waals surface area contributed by atoms with E-state index < -0.39 is 0 Å². The molecule has 0 bridgehead atoms. The minimum Gasteiger partial charge on any atom is -0.507 e. The van der Waals surface area contributed by atoms with E-state index in [2.05, 4.69) is 15.4 Å². The van der Waals surface area contributed by atoms with Crippen LogP contribution >= 0.6 is 0 Å². The number of nitrogens with one attached hydrogen (secondary N) is 1. The zero-order chi connectivity index (χ0) is 12.7.